The summed E-state index contributed by atoms with van der Waals surface area (Å²) in [6.45, 7) is 10.8. The predicted octanol–water partition coefficient (Wildman–Crippen LogP) is 5.43. The second-order valence-electron chi connectivity index (χ2n) is 5.12. The Bertz CT molecular complexity index is 291. The van der Waals surface area contributed by atoms with Crippen LogP contribution in [0.5, 0.6) is 0 Å². The molecule has 0 heterocycles. The highest BCUT2D eigenvalue weighted by atomic mass is 14.2. The third-order valence-corrected chi connectivity index (χ3v) is 3.69. The molecule has 0 saturated heterocycles. The van der Waals surface area contributed by atoms with Crippen molar-refractivity contribution < 1.29 is 0 Å². The molecular weight excluding hydrogens is 192 g/mol. The fourth-order valence-electron chi connectivity index (χ4n) is 2.31. The van der Waals surface area contributed by atoms with Crippen molar-refractivity contribution in [1.82, 2.24) is 0 Å². The van der Waals surface area contributed by atoms with Gasteiger partial charge in [-0.25, -0.2) is 0 Å². The van der Waals surface area contributed by atoms with Gasteiger partial charge in [-0.1, -0.05) is 42.4 Å². The average molecular weight is 218 g/mol. The molecule has 0 aromatic carbocycles. The highest BCUT2D eigenvalue weighted by molar-refractivity contribution is 5.10. The third kappa shape index (κ3) is 4.38. The number of hydrogen-bond donors (Lipinski definition) is 0. The second-order valence-corrected chi connectivity index (χ2v) is 5.12. The van der Waals surface area contributed by atoms with Crippen molar-refractivity contribution >= 4 is 0 Å². The minimum Gasteiger partial charge on any atom is -0.0998 e. The fraction of sp³-hybridized carbons (Fsp3) is 0.625. The van der Waals surface area contributed by atoms with Gasteiger partial charge >= 0.3 is 0 Å². The predicted molar refractivity (Wildman–Crippen MR) is 73.5 cm³/mol. The Morgan fingerprint density at radius 3 is 2.75 bits per heavy atom. The van der Waals surface area contributed by atoms with Crippen molar-refractivity contribution in [3.63, 3.8) is 0 Å². The van der Waals surface area contributed by atoms with Crippen LogP contribution in [0.25, 0.3) is 0 Å². The Balaban J connectivity index is 2.74. The van der Waals surface area contributed by atoms with Crippen molar-refractivity contribution in [2.75, 3.05) is 0 Å². The van der Waals surface area contributed by atoms with Crippen LogP contribution in [0.15, 0.2) is 35.5 Å². The van der Waals surface area contributed by atoms with Crippen LogP contribution in [0, 0.1) is 5.92 Å². The van der Waals surface area contributed by atoms with Gasteiger partial charge in [0.25, 0.3) is 0 Å². The van der Waals surface area contributed by atoms with Gasteiger partial charge in [-0.05, 0) is 58.3 Å². The van der Waals surface area contributed by atoms with Crippen LogP contribution < -0.4 is 0 Å². The molecule has 0 nitrogen and oxygen atoms in total. The van der Waals surface area contributed by atoms with E-state index in [0.717, 1.165) is 0 Å². The molecule has 16 heavy (non-hydrogen) atoms. The van der Waals surface area contributed by atoms with E-state index >= 15 is 0 Å². The molecule has 90 valence electrons. The van der Waals surface area contributed by atoms with E-state index in [2.05, 4.69) is 39.5 Å². The number of allylic oxidation sites excluding steroid dienone is 5. The summed E-state index contributed by atoms with van der Waals surface area (Å²) < 4.78 is 0. The molecule has 1 aliphatic rings. The van der Waals surface area contributed by atoms with E-state index < -0.39 is 0 Å². The van der Waals surface area contributed by atoms with Gasteiger partial charge in [-0.15, -0.1) is 0 Å². The van der Waals surface area contributed by atoms with Crippen LogP contribution in [0.3, 0.4) is 0 Å². The summed E-state index contributed by atoms with van der Waals surface area (Å²) in [4.78, 5) is 0. The molecular formula is C16H26. The topological polar surface area (TPSA) is 0 Å². The zero-order valence-corrected chi connectivity index (χ0v) is 11.2. The van der Waals surface area contributed by atoms with E-state index in [1.807, 2.05) is 0 Å². The highest BCUT2D eigenvalue weighted by Crippen LogP contribution is 2.26. The summed E-state index contributed by atoms with van der Waals surface area (Å²) in [5, 5.41) is 0. The van der Waals surface area contributed by atoms with Crippen LogP contribution in [0.4, 0.5) is 0 Å². The Labute approximate surface area is 101 Å². The van der Waals surface area contributed by atoms with E-state index in [4.69, 9.17) is 0 Å². The number of rotatable bonds is 2. The van der Waals surface area contributed by atoms with Crippen LogP contribution in [0.1, 0.15) is 59.3 Å². The molecule has 0 heteroatoms. The largest absolute Gasteiger partial charge is 0.0998 e. The third-order valence-electron chi connectivity index (χ3n) is 3.69. The van der Waals surface area contributed by atoms with Gasteiger partial charge in [0.2, 0.25) is 0 Å². The standard InChI is InChI=1S/C16H26/c1-5-15-8-6-7-14(4)9-11-16(12-10-15)13(2)3/h7,10,16H,2,5-6,8-9,11-12H2,1,3-4H3/b14-7-,15-10+/t16-/m1/s1. The van der Waals surface area contributed by atoms with E-state index in [0.29, 0.717) is 5.92 Å². The monoisotopic (exact) mass is 218 g/mol. The van der Waals surface area contributed by atoms with Gasteiger partial charge in [0.15, 0.2) is 0 Å². The lowest BCUT2D eigenvalue weighted by Gasteiger charge is -2.17. The Morgan fingerprint density at radius 1 is 1.38 bits per heavy atom. The van der Waals surface area contributed by atoms with E-state index in [9.17, 15) is 0 Å². The lowest BCUT2D eigenvalue weighted by atomic mass is 9.88. The SMILES string of the molecule is C=C(C)[C@H]1C/C=C(\CC)CC/C=C(/C)CC1. The molecule has 0 aliphatic heterocycles. The molecule has 0 amide bonds. The summed E-state index contributed by atoms with van der Waals surface area (Å²) in [5.41, 5.74) is 4.53. The van der Waals surface area contributed by atoms with Crippen LogP contribution in [-0.2, 0) is 0 Å². The van der Waals surface area contributed by atoms with Crippen molar-refractivity contribution in [3.8, 4) is 0 Å². The van der Waals surface area contributed by atoms with E-state index in [-0.39, 0.29) is 0 Å². The van der Waals surface area contributed by atoms with Crippen LogP contribution in [0.2, 0.25) is 0 Å². The Hall–Kier alpha value is -0.780. The van der Waals surface area contributed by atoms with Crippen molar-refractivity contribution in [1.29, 1.82) is 0 Å². The summed E-state index contributed by atoms with van der Waals surface area (Å²) in [6.07, 6.45) is 12.3. The van der Waals surface area contributed by atoms with Gasteiger partial charge in [0.1, 0.15) is 0 Å². The molecule has 0 spiro atoms. The molecule has 0 aromatic heterocycles. The summed E-state index contributed by atoms with van der Waals surface area (Å²) in [6, 6.07) is 0. The molecule has 1 aliphatic carbocycles. The first-order valence-electron chi connectivity index (χ1n) is 6.62. The summed E-state index contributed by atoms with van der Waals surface area (Å²) in [7, 11) is 0. The molecule has 0 N–H and O–H groups in total. The molecule has 0 radical (unpaired) electrons. The first-order chi connectivity index (χ1) is 7.63. The van der Waals surface area contributed by atoms with Gasteiger partial charge in [-0.2, -0.15) is 0 Å². The zero-order valence-electron chi connectivity index (χ0n) is 11.2. The van der Waals surface area contributed by atoms with Gasteiger partial charge in [0.05, 0.1) is 0 Å². The van der Waals surface area contributed by atoms with Crippen molar-refractivity contribution in [3.05, 3.63) is 35.5 Å². The highest BCUT2D eigenvalue weighted by Gasteiger charge is 2.09. The van der Waals surface area contributed by atoms with Crippen LogP contribution in [-0.4, -0.2) is 0 Å². The molecule has 1 atom stereocenters. The lowest BCUT2D eigenvalue weighted by Crippen LogP contribution is -2.02. The second kappa shape index (κ2) is 6.73. The van der Waals surface area contributed by atoms with Crippen molar-refractivity contribution in [2.45, 2.75) is 59.3 Å². The first kappa shape index (κ1) is 13.3. The zero-order chi connectivity index (χ0) is 12.0. The molecule has 1 rings (SSSR count). The molecule has 0 aromatic rings. The minimum atomic E-state index is 0.683. The number of hydrogen-bond acceptors (Lipinski definition) is 0. The van der Waals surface area contributed by atoms with Crippen molar-refractivity contribution in [2.24, 2.45) is 5.92 Å². The maximum Gasteiger partial charge on any atom is -0.0171 e. The Morgan fingerprint density at radius 2 is 2.12 bits per heavy atom. The average Bonchev–Trinajstić information content (AvgIpc) is 2.26. The molecule has 0 unspecified atom stereocenters. The van der Waals surface area contributed by atoms with E-state index in [1.165, 1.54) is 44.1 Å². The molecule has 0 bridgehead atoms. The van der Waals surface area contributed by atoms with Crippen LogP contribution >= 0.6 is 0 Å². The normalized spacial score (nSPS) is 29.8. The van der Waals surface area contributed by atoms with Gasteiger partial charge < -0.3 is 0 Å². The minimum absolute atomic E-state index is 0.683. The van der Waals surface area contributed by atoms with Gasteiger partial charge in [-0.3, -0.25) is 0 Å². The Kier molecular flexibility index (Phi) is 5.59. The smallest absolute Gasteiger partial charge is 0.0171 e. The molecule has 0 saturated carbocycles. The summed E-state index contributed by atoms with van der Waals surface area (Å²) in [5.74, 6) is 0.683. The quantitative estimate of drug-likeness (QED) is 0.542. The van der Waals surface area contributed by atoms with E-state index in [1.54, 1.807) is 11.1 Å². The maximum atomic E-state index is 4.13. The lowest BCUT2D eigenvalue weighted by molar-refractivity contribution is 0.561. The molecule has 0 fully saturated rings. The first-order valence-corrected chi connectivity index (χ1v) is 6.62. The maximum absolute atomic E-state index is 4.13. The fourth-order valence-corrected chi connectivity index (χ4v) is 2.31. The van der Waals surface area contributed by atoms with Gasteiger partial charge in [0, 0.05) is 0 Å². The summed E-state index contributed by atoms with van der Waals surface area (Å²) >= 11 is 0.